The topological polar surface area (TPSA) is 86.8 Å². The van der Waals surface area contributed by atoms with Gasteiger partial charge in [0.2, 0.25) is 11.8 Å². The van der Waals surface area contributed by atoms with E-state index >= 15 is 0 Å². The molecular weight excluding hydrogens is 442 g/mol. The van der Waals surface area contributed by atoms with E-state index in [9.17, 15) is 18.0 Å². The molecule has 0 fully saturated rings. The van der Waals surface area contributed by atoms with E-state index in [1.807, 2.05) is 6.07 Å². The number of anilines is 1. The van der Waals surface area contributed by atoms with Gasteiger partial charge in [0.15, 0.2) is 0 Å². The van der Waals surface area contributed by atoms with Crippen LogP contribution in [0.25, 0.3) is 0 Å². The van der Waals surface area contributed by atoms with Crippen LogP contribution in [0.2, 0.25) is 5.02 Å². The standard InChI is InChI=1S/C17H18ClN3O4S3/c1-20(2)28(24,25)16-7-13-17(27-16)26-10-15(23)21(13)9-14(22)19-8-11-4-3-5-12(18)6-11/h3-7H,8-10H2,1-2H3,(H,19,22). The quantitative estimate of drug-likeness (QED) is 0.716. The van der Waals surface area contributed by atoms with E-state index in [2.05, 4.69) is 5.32 Å². The van der Waals surface area contributed by atoms with Crippen molar-refractivity contribution in [1.82, 2.24) is 9.62 Å². The number of thioether (sulfide) groups is 1. The molecule has 3 rings (SSSR count). The fraction of sp³-hybridized carbons (Fsp3) is 0.294. The van der Waals surface area contributed by atoms with Crippen molar-refractivity contribution in [1.29, 1.82) is 0 Å². The van der Waals surface area contributed by atoms with Crippen molar-refractivity contribution >= 4 is 62.2 Å². The summed E-state index contributed by atoms with van der Waals surface area (Å²) in [6.45, 7) is 0.109. The second-order valence-corrected chi connectivity index (χ2v) is 11.3. The van der Waals surface area contributed by atoms with Gasteiger partial charge >= 0.3 is 0 Å². The Kier molecular flexibility index (Phi) is 6.35. The molecule has 1 aliphatic heterocycles. The van der Waals surface area contributed by atoms with E-state index < -0.39 is 10.0 Å². The normalized spacial score (nSPS) is 14.3. The minimum Gasteiger partial charge on any atom is -0.350 e. The van der Waals surface area contributed by atoms with Gasteiger partial charge in [0.1, 0.15) is 10.8 Å². The highest BCUT2D eigenvalue weighted by Crippen LogP contribution is 2.43. The predicted molar refractivity (Wildman–Crippen MR) is 112 cm³/mol. The van der Waals surface area contributed by atoms with Gasteiger partial charge in [-0.05, 0) is 23.8 Å². The van der Waals surface area contributed by atoms with Crippen LogP contribution in [0.3, 0.4) is 0 Å². The van der Waals surface area contributed by atoms with E-state index in [0.717, 1.165) is 21.2 Å². The maximum absolute atomic E-state index is 12.4. The molecule has 0 spiro atoms. The number of carbonyl (C=O) groups is 2. The second-order valence-electron chi connectivity index (χ2n) is 6.20. The summed E-state index contributed by atoms with van der Waals surface area (Å²) >= 11 is 8.33. The van der Waals surface area contributed by atoms with Gasteiger partial charge in [-0.3, -0.25) is 9.59 Å². The molecule has 2 amide bonds. The Labute approximate surface area is 176 Å². The minimum absolute atomic E-state index is 0.147. The van der Waals surface area contributed by atoms with E-state index in [0.29, 0.717) is 14.9 Å². The number of fused-ring (bicyclic) bond motifs is 1. The fourth-order valence-corrected chi connectivity index (χ4v) is 6.65. The first-order valence-corrected chi connectivity index (χ1v) is 11.8. The molecule has 1 aromatic heterocycles. The third-order valence-corrected chi connectivity index (χ3v) is 8.88. The Morgan fingerprint density at radius 2 is 2.07 bits per heavy atom. The number of hydrogen-bond donors (Lipinski definition) is 1. The SMILES string of the molecule is CN(C)S(=O)(=O)c1cc2c(s1)SCC(=O)N2CC(=O)NCc1cccc(Cl)c1. The first kappa shape index (κ1) is 21.1. The predicted octanol–water partition coefficient (Wildman–Crippen LogP) is 2.41. The number of thiophene rings is 1. The molecule has 2 heterocycles. The molecule has 0 saturated heterocycles. The Morgan fingerprint density at radius 3 is 2.75 bits per heavy atom. The lowest BCUT2D eigenvalue weighted by Crippen LogP contribution is -2.42. The summed E-state index contributed by atoms with van der Waals surface area (Å²) in [5.41, 5.74) is 1.31. The molecule has 0 bridgehead atoms. The summed E-state index contributed by atoms with van der Waals surface area (Å²) < 4.78 is 26.7. The number of nitrogens with zero attached hydrogens (tertiary/aromatic N) is 2. The van der Waals surface area contributed by atoms with Gasteiger partial charge in [-0.2, -0.15) is 0 Å². The summed E-state index contributed by atoms with van der Waals surface area (Å²) in [6.07, 6.45) is 0. The average Bonchev–Trinajstić information content (AvgIpc) is 3.08. The number of carbonyl (C=O) groups excluding carboxylic acids is 2. The number of rotatable bonds is 6. The van der Waals surface area contributed by atoms with Crippen molar-refractivity contribution in [2.45, 2.75) is 15.0 Å². The molecule has 150 valence electrons. The van der Waals surface area contributed by atoms with Crippen LogP contribution >= 0.6 is 34.7 Å². The van der Waals surface area contributed by atoms with Gasteiger partial charge in [-0.1, -0.05) is 23.7 Å². The first-order chi connectivity index (χ1) is 13.2. The molecule has 0 saturated carbocycles. The summed E-state index contributed by atoms with van der Waals surface area (Å²) in [5.74, 6) is -0.410. The van der Waals surface area contributed by atoms with Crippen molar-refractivity contribution < 1.29 is 18.0 Å². The number of halogens is 1. The Balaban J connectivity index is 1.75. The van der Waals surface area contributed by atoms with Crippen molar-refractivity contribution in [3.63, 3.8) is 0 Å². The van der Waals surface area contributed by atoms with Crippen LogP contribution in [0.15, 0.2) is 38.8 Å². The van der Waals surface area contributed by atoms with Gasteiger partial charge in [0.25, 0.3) is 10.0 Å². The number of benzene rings is 1. The molecule has 1 aromatic carbocycles. The smallest absolute Gasteiger partial charge is 0.252 e. The lowest BCUT2D eigenvalue weighted by Gasteiger charge is -2.25. The molecule has 0 atom stereocenters. The van der Waals surface area contributed by atoms with Gasteiger partial charge in [-0.25, -0.2) is 12.7 Å². The fourth-order valence-electron chi connectivity index (χ4n) is 2.50. The number of amides is 2. The second kappa shape index (κ2) is 8.42. The maximum atomic E-state index is 12.4. The van der Waals surface area contributed by atoms with E-state index in [1.165, 1.54) is 36.8 Å². The van der Waals surface area contributed by atoms with Crippen LogP contribution in [0, 0.1) is 0 Å². The summed E-state index contributed by atoms with van der Waals surface area (Å²) in [4.78, 5) is 26.1. The molecule has 0 unspecified atom stereocenters. The lowest BCUT2D eigenvalue weighted by molar-refractivity contribution is -0.123. The molecule has 11 heteroatoms. The molecule has 0 aliphatic carbocycles. The molecule has 1 N–H and O–H groups in total. The molecule has 1 aliphatic rings. The average molecular weight is 460 g/mol. The van der Waals surface area contributed by atoms with E-state index in [1.54, 1.807) is 18.2 Å². The summed E-state index contributed by atoms with van der Waals surface area (Å²) in [6, 6.07) is 8.59. The third kappa shape index (κ3) is 4.52. The van der Waals surface area contributed by atoms with E-state index in [4.69, 9.17) is 11.6 Å². The highest BCUT2D eigenvalue weighted by Gasteiger charge is 2.32. The third-order valence-electron chi connectivity index (χ3n) is 3.99. The van der Waals surface area contributed by atoms with Crippen molar-refractivity contribution in [3.8, 4) is 0 Å². The zero-order valence-electron chi connectivity index (χ0n) is 15.1. The van der Waals surface area contributed by atoms with Crippen LogP contribution in [0.5, 0.6) is 0 Å². The van der Waals surface area contributed by atoms with E-state index in [-0.39, 0.29) is 34.9 Å². The number of hydrogen-bond acceptors (Lipinski definition) is 6. The highest BCUT2D eigenvalue weighted by molar-refractivity contribution is 8.02. The van der Waals surface area contributed by atoms with Gasteiger partial charge in [0, 0.05) is 25.7 Å². The first-order valence-electron chi connectivity index (χ1n) is 8.19. The van der Waals surface area contributed by atoms with Crippen LogP contribution in [0.1, 0.15) is 5.56 Å². The van der Waals surface area contributed by atoms with Crippen LogP contribution < -0.4 is 10.2 Å². The zero-order valence-corrected chi connectivity index (χ0v) is 18.3. The summed E-state index contributed by atoms with van der Waals surface area (Å²) in [5, 5.41) is 3.34. The molecule has 28 heavy (non-hydrogen) atoms. The lowest BCUT2D eigenvalue weighted by atomic mass is 10.2. The Bertz CT molecular complexity index is 1020. The molecular formula is C17H18ClN3O4S3. The number of nitrogens with one attached hydrogen (secondary N) is 1. The summed E-state index contributed by atoms with van der Waals surface area (Å²) in [7, 11) is -0.700. The Morgan fingerprint density at radius 1 is 1.32 bits per heavy atom. The maximum Gasteiger partial charge on any atom is 0.252 e. The highest BCUT2D eigenvalue weighted by atomic mass is 35.5. The van der Waals surface area contributed by atoms with Crippen molar-refractivity contribution in [2.75, 3.05) is 31.3 Å². The Hall–Kier alpha value is -1.59. The van der Waals surface area contributed by atoms with Gasteiger partial charge in [0.05, 0.1) is 15.6 Å². The van der Waals surface area contributed by atoms with Gasteiger partial charge in [-0.15, -0.1) is 23.1 Å². The zero-order chi connectivity index (χ0) is 20.5. The van der Waals surface area contributed by atoms with Crippen molar-refractivity contribution in [3.05, 3.63) is 40.9 Å². The number of sulfonamides is 1. The largest absolute Gasteiger partial charge is 0.350 e. The molecule has 2 aromatic rings. The molecule has 0 radical (unpaired) electrons. The van der Waals surface area contributed by atoms with Crippen molar-refractivity contribution in [2.24, 2.45) is 0 Å². The van der Waals surface area contributed by atoms with Crippen LogP contribution in [-0.4, -0.2) is 50.9 Å². The van der Waals surface area contributed by atoms with Crippen LogP contribution in [0.4, 0.5) is 5.69 Å². The van der Waals surface area contributed by atoms with Gasteiger partial charge < -0.3 is 10.2 Å². The monoisotopic (exact) mass is 459 g/mol. The molecule has 7 nitrogen and oxygen atoms in total. The van der Waals surface area contributed by atoms with Crippen LogP contribution in [-0.2, 0) is 26.2 Å². The minimum atomic E-state index is -3.60.